The molecule has 0 spiro atoms. The van der Waals surface area contributed by atoms with Gasteiger partial charge in [0.15, 0.2) is 0 Å². The molecule has 0 heterocycles. The van der Waals surface area contributed by atoms with Crippen LogP contribution < -0.4 is 5.32 Å². The van der Waals surface area contributed by atoms with Crippen LogP contribution >= 0.6 is 11.8 Å². The van der Waals surface area contributed by atoms with Crippen molar-refractivity contribution in [2.24, 2.45) is 0 Å². The Morgan fingerprint density at radius 3 is 2.85 bits per heavy atom. The molecule has 1 atom stereocenters. The Balaban J connectivity index is 1.77. The predicted octanol–water partition coefficient (Wildman–Crippen LogP) is 3.46. The highest BCUT2D eigenvalue weighted by Crippen LogP contribution is 2.26. The highest BCUT2D eigenvalue weighted by molar-refractivity contribution is 7.99. The Morgan fingerprint density at radius 1 is 1.50 bits per heavy atom. The lowest BCUT2D eigenvalue weighted by Gasteiger charge is -2.26. The Hall–Kier alpha value is -1.00. The van der Waals surface area contributed by atoms with E-state index < -0.39 is 11.5 Å². The number of benzene rings is 1. The third-order valence-electron chi connectivity index (χ3n) is 3.65. The van der Waals surface area contributed by atoms with E-state index in [2.05, 4.69) is 36.5 Å². The summed E-state index contributed by atoms with van der Waals surface area (Å²) in [5.41, 5.74) is 0.495. The zero-order valence-corrected chi connectivity index (χ0v) is 13.0. The number of aryl methyl sites for hydroxylation is 1. The summed E-state index contributed by atoms with van der Waals surface area (Å²) < 4.78 is 0. The molecule has 0 bridgehead atoms. The van der Waals surface area contributed by atoms with E-state index >= 15 is 0 Å². The van der Waals surface area contributed by atoms with E-state index in [-0.39, 0.29) is 0 Å². The van der Waals surface area contributed by atoms with E-state index in [0.29, 0.717) is 12.5 Å². The highest BCUT2D eigenvalue weighted by atomic mass is 32.2. The van der Waals surface area contributed by atoms with Crippen LogP contribution in [0.25, 0.3) is 0 Å². The number of rotatable bonds is 8. The first kappa shape index (κ1) is 15.4. The molecule has 3 nitrogen and oxygen atoms in total. The van der Waals surface area contributed by atoms with Gasteiger partial charge in [-0.05, 0) is 57.4 Å². The quantitative estimate of drug-likeness (QED) is 0.569. The second-order valence-corrected chi connectivity index (χ2v) is 6.99. The molecule has 0 amide bonds. The summed E-state index contributed by atoms with van der Waals surface area (Å²) in [4.78, 5) is 12.7. The van der Waals surface area contributed by atoms with Crippen molar-refractivity contribution >= 4 is 17.7 Å². The molecule has 1 aliphatic rings. The van der Waals surface area contributed by atoms with Gasteiger partial charge in [-0.2, -0.15) is 0 Å². The summed E-state index contributed by atoms with van der Waals surface area (Å²) in [6.45, 7) is 3.90. The molecule has 1 aliphatic carbocycles. The van der Waals surface area contributed by atoms with Crippen molar-refractivity contribution in [3.05, 3.63) is 29.8 Å². The van der Waals surface area contributed by atoms with Crippen molar-refractivity contribution in [2.45, 2.75) is 56.0 Å². The average molecular weight is 293 g/mol. The van der Waals surface area contributed by atoms with Gasteiger partial charge in [-0.15, -0.1) is 11.8 Å². The Morgan fingerprint density at radius 2 is 2.25 bits per heavy atom. The molecule has 20 heavy (non-hydrogen) atoms. The first-order chi connectivity index (χ1) is 9.49. The Bertz CT molecular complexity index is 473. The molecule has 4 heteroatoms. The molecule has 1 unspecified atom stereocenters. The number of carbonyl (C=O) groups is 1. The number of hydrogen-bond acceptors (Lipinski definition) is 3. The second kappa shape index (κ2) is 6.64. The molecule has 1 saturated carbocycles. The van der Waals surface area contributed by atoms with Gasteiger partial charge in [0.25, 0.3) is 0 Å². The van der Waals surface area contributed by atoms with E-state index in [9.17, 15) is 9.90 Å². The van der Waals surface area contributed by atoms with E-state index in [4.69, 9.17) is 0 Å². The zero-order chi connectivity index (χ0) is 14.6. The van der Waals surface area contributed by atoms with Gasteiger partial charge < -0.3 is 5.11 Å². The fourth-order valence-electron chi connectivity index (χ4n) is 2.24. The minimum atomic E-state index is -0.770. The summed E-state index contributed by atoms with van der Waals surface area (Å²) in [7, 11) is 0. The molecule has 1 fully saturated rings. The zero-order valence-electron chi connectivity index (χ0n) is 12.2. The van der Waals surface area contributed by atoms with Crippen LogP contribution in [0.15, 0.2) is 29.2 Å². The number of aliphatic carboxylic acids is 1. The molecule has 110 valence electrons. The smallest absolute Gasteiger partial charge is 0.323 e. The fourth-order valence-corrected chi connectivity index (χ4v) is 3.21. The van der Waals surface area contributed by atoms with Gasteiger partial charge in [0, 0.05) is 10.9 Å². The average Bonchev–Trinajstić information content (AvgIpc) is 3.18. The standard InChI is InChI=1S/C16H23NO2S/c1-12-5-3-6-14(11-12)20-10-4-9-16(2,15(18)19)17-13-7-8-13/h3,5-6,11,13,17H,4,7-10H2,1-2H3,(H,18,19). The molecule has 2 N–H and O–H groups in total. The van der Waals surface area contributed by atoms with Crippen LogP contribution in [0.3, 0.4) is 0 Å². The maximum Gasteiger partial charge on any atom is 0.323 e. The van der Waals surface area contributed by atoms with Gasteiger partial charge in [0.1, 0.15) is 5.54 Å². The van der Waals surface area contributed by atoms with Crippen LogP contribution in [0.4, 0.5) is 0 Å². The van der Waals surface area contributed by atoms with Crippen molar-refractivity contribution in [2.75, 3.05) is 5.75 Å². The van der Waals surface area contributed by atoms with E-state index in [1.807, 2.05) is 6.92 Å². The SMILES string of the molecule is Cc1cccc(SCCCC(C)(NC2CC2)C(=O)O)c1. The van der Waals surface area contributed by atoms with E-state index in [0.717, 1.165) is 25.0 Å². The lowest BCUT2D eigenvalue weighted by atomic mass is 9.96. The molecular weight excluding hydrogens is 270 g/mol. The van der Waals surface area contributed by atoms with Gasteiger partial charge in [0.05, 0.1) is 0 Å². The highest BCUT2D eigenvalue weighted by Gasteiger charge is 2.37. The van der Waals surface area contributed by atoms with Crippen LogP contribution in [0, 0.1) is 6.92 Å². The number of hydrogen-bond donors (Lipinski definition) is 2. The number of nitrogens with one attached hydrogen (secondary N) is 1. The molecule has 0 radical (unpaired) electrons. The van der Waals surface area contributed by atoms with Crippen molar-refractivity contribution in [3.8, 4) is 0 Å². The van der Waals surface area contributed by atoms with Gasteiger partial charge in [-0.1, -0.05) is 17.7 Å². The fraction of sp³-hybridized carbons (Fsp3) is 0.562. The number of thioether (sulfide) groups is 1. The van der Waals surface area contributed by atoms with Crippen LogP contribution in [0.2, 0.25) is 0 Å². The molecule has 2 rings (SSSR count). The minimum absolute atomic E-state index is 0.417. The summed E-state index contributed by atoms with van der Waals surface area (Å²) in [5, 5.41) is 12.7. The third kappa shape index (κ3) is 4.53. The Kier molecular flexibility index (Phi) is 5.11. The Labute approximate surface area is 125 Å². The predicted molar refractivity (Wildman–Crippen MR) is 83.3 cm³/mol. The number of carboxylic acids is 1. The molecule has 0 aliphatic heterocycles. The van der Waals surface area contributed by atoms with E-state index in [1.54, 1.807) is 11.8 Å². The molecule has 1 aromatic rings. The molecule has 0 aromatic heterocycles. The molecule has 0 saturated heterocycles. The first-order valence-corrected chi connectivity index (χ1v) is 8.19. The van der Waals surface area contributed by atoms with Gasteiger partial charge in [-0.25, -0.2) is 0 Å². The van der Waals surface area contributed by atoms with Gasteiger partial charge in [-0.3, -0.25) is 10.1 Å². The van der Waals surface area contributed by atoms with Crippen LogP contribution in [-0.4, -0.2) is 28.4 Å². The van der Waals surface area contributed by atoms with Crippen molar-refractivity contribution in [1.29, 1.82) is 0 Å². The molecular formula is C16H23NO2S. The number of carboxylic acid groups (broad SMARTS) is 1. The second-order valence-electron chi connectivity index (χ2n) is 5.82. The molecule has 1 aromatic carbocycles. The lowest BCUT2D eigenvalue weighted by Crippen LogP contribution is -2.50. The summed E-state index contributed by atoms with van der Waals surface area (Å²) >= 11 is 1.80. The van der Waals surface area contributed by atoms with Crippen molar-refractivity contribution < 1.29 is 9.90 Å². The van der Waals surface area contributed by atoms with Crippen LogP contribution in [0.1, 0.15) is 38.2 Å². The summed E-state index contributed by atoms with van der Waals surface area (Å²) in [5.74, 6) is 0.225. The minimum Gasteiger partial charge on any atom is -0.480 e. The maximum absolute atomic E-state index is 11.4. The van der Waals surface area contributed by atoms with Crippen molar-refractivity contribution in [3.63, 3.8) is 0 Å². The van der Waals surface area contributed by atoms with Crippen LogP contribution in [-0.2, 0) is 4.79 Å². The summed E-state index contributed by atoms with van der Waals surface area (Å²) in [6.07, 6.45) is 3.81. The van der Waals surface area contributed by atoms with Gasteiger partial charge >= 0.3 is 5.97 Å². The van der Waals surface area contributed by atoms with Crippen molar-refractivity contribution in [1.82, 2.24) is 5.32 Å². The van der Waals surface area contributed by atoms with Crippen LogP contribution in [0.5, 0.6) is 0 Å². The maximum atomic E-state index is 11.4. The topological polar surface area (TPSA) is 49.3 Å². The lowest BCUT2D eigenvalue weighted by molar-refractivity contribution is -0.144. The summed E-state index contributed by atoms with van der Waals surface area (Å²) in [6, 6.07) is 8.85. The monoisotopic (exact) mass is 293 g/mol. The largest absolute Gasteiger partial charge is 0.480 e. The third-order valence-corrected chi connectivity index (χ3v) is 4.73. The normalized spacial score (nSPS) is 17.7. The van der Waals surface area contributed by atoms with E-state index in [1.165, 1.54) is 10.5 Å². The van der Waals surface area contributed by atoms with Gasteiger partial charge in [0.2, 0.25) is 0 Å². The first-order valence-electron chi connectivity index (χ1n) is 7.20.